The molecule has 1 saturated carbocycles. The Labute approximate surface area is 336 Å². The first kappa shape index (κ1) is 39.1. The number of rotatable bonds is 12. The lowest BCUT2D eigenvalue weighted by atomic mass is 9.79. The minimum absolute atomic E-state index is 0.229. The third kappa shape index (κ3) is 8.75. The molecule has 10 heteroatoms. The van der Waals surface area contributed by atoms with Crippen molar-refractivity contribution in [3.8, 4) is 22.4 Å². The number of aryl methyl sites for hydroxylation is 1. The van der Waals surface area contributed by atoms with E-state index < -0.39 is 18.0 Å². The number of ketones is 1. The van der Waals surface area contributed by atoms with E-state index in [0.717, 1.165) is 106 Å². The van der Waals surface area contributed by atoms with Crippen LogP contribution < -0.4 is 10.2 Å². The molecule has 8 rings (SSSR count). The highest BCUT2D eigenvalue weighted by atomic mass is 19.1. The number of halogens is 1. The van der Waals surface area contributed by atoms with Crippen LogP contribution in [0.1, 0.15) is 73.9 Å². The number of piperazine rings is 1. The van der Waals surface area contributed by atoms with Crippen LogP contribution in [-0.4, -0.2) is 79.9 Å². The number of aliphatic hydroxyl groups is 1. The second kappa shape index (κ2) is 17.4. The summed E-state index contributed by atoms with van der Waals surface area (Å²) in [6, 6.07) is 29.4. The molecule has 298 valence electrons. The molecule has 5 aromatic rings. The predicted molar refractivity (Wildman–Crippen MR) is 224 cm³/mol. The highest BCUT2D eigenvalue weighted by Gasteiger charge is 2.41. The molecule has 3 aliphatic rings. The van der Waals surface area contributed by atoms with E-state index in [1.807, 2.05) is 42.2 Å². The Balaban J connectivity index is 0.905. The smallest absolute Gasteiger partial charge is 0.174 e. The van der Waals surface area contributed by atoms with E-state index in [1.54, 1.807) is 4.90 Å². The number of nitrogens with zero attached hydrogens (tertiary/aromatic N) is 6. The molecule has 3 aromatic carbocycles. The minimum Gasteiger partial charge on any atom is -0.372 e. The fourth-order valence-electron chi connectivity index (χ4n) is 9.24. The van der Waals surface area contributed by atoms with Crippen molar-refractivity contribution in [3.05, 3.63) is 120 Å². The van der Waals surface area contributed by atoms with Gasteiger partial charge in [0.15, 0.2) is 5.78 Å². The quantitative estimate of drug-likeness (QED) is 0.131. The van der Waals surface area contributed by atoms with Crippen LogP contribution >= 0.6 is 0 Å². The zero-order chi connectivity index (χ0) is 39.5. The zero-order valence-corrected chi connectivity index (χ0v) is 33.5. The van der Waals surface area contributed by atoms with Crippen LogP contribution in [0.5, 0.6) is 0 Å². The molecule has 2 aromatic heterocycles. The van der Waals surface area contributed by atoms with E-state index in [-0.39, 0.29) is 11.3 Å². The molecule has 0 amide bonds. The number of nitrogens with one attached hydrogen (secondary N) is 1. The summed E-state index contributed by atoms with van der Waals surface area (Å²) in [6.07, 6.45) is 7.54. The third-order valence-electron chi connectivity index (χ3n) is 12.6. The molecule has 1 saturated heterocycles. The Bertz CT molecular complexity index is 2120. The SMILES string of the molecule is CC(C)N1CCN(Cc2ccc(-c3cccc(N4c5ncc(F)cc5C(=O)C(CCC5CCC(NCc6cnn(C)c6-c6ccccc6)CC5)C4O)c3)cc2)CC1. The second-order valence-electron chi connectivity index (χ2n) is 16.6. The molecule has 2 N–H and O–H groups in total. The van der Waals surface area contributed by atoms with Gasteiger partial charge < -0.3 is 10.4 Å². The molecular formula is C47H56FN7O2. The molecule has 9 nitrogen and oxygen atoms in total. The van der Waals surface area contributed by atoms with Crippen LogP contribution in [-0.2, 0) is 20.1 Å². The van der Waals surface area contributed by atoms with Gasteiger partial charge in [0.05, 0.1) is 29.6 Å². The Morgan fingerprint density at radius 2 is 1.58 bits per heavy atom. The first-order valence-corrected chi connectivity index (χ1v) is 20.8. The largest absolute Gasteiger partial charge is 0.372 e. The van der Waals surface area contributed by atoms with Crippen molar-refractivity contribution in [3.63, 3.8) is 0 Å². The minimum atomic E-state index is -1.12. The Kier molecular flexibility index (Phi) is 11.9. The summed E-state index contributed by atoms with van der Waals surface area (Å²) >= 11 is 0. The molecule has 4 heterocycles. The van der Waals surface area contributed by atoms with Gasteiger partial charge in [0.1, 0.15) is 17.9 Å². The predicted octanol–water partition coefficient (Wildman–Crippen LogP) is 8.21. The number of pyridine rings is 1. The molecule has 2 atom stereocenters. The molecule has 0 radical (unpaired) electrons. The number of Topliss-reactive ketones (excluding diaryl/α,β-unsaturated/α-hetero) is 1. The van der Waals surface area contributed by atoms with Crippen molar-refractivity contribution in [2.24, 2.45) is 18.9 Å². The van der Waals surface area contributed by atoms with Crippen molar-refractivity contribution in [1.82, 2.24) is 29.9 Å². The van der Waals surface area contributed by atoms with E-state index in [9.17, 15) is 14.3 Å². The number of benzene rings is 3. The molecule has 2 fully saturated rings. The van der Waals surface area contributed by atoms with Gasteiger partial charge in [0, 0.05) is 75.2 Å². The Morgan fingerprint density at radius 3 is 2.32 bits per heavy atom. The van der Waals surface area contributed by atoms with E-state index in [0.29, 0.717) is 30.2 Å². The van der Waals surface area contributed by atoms with Gasteiger partial charge in [-0.05, 0) is 93.2 Å². The first-order chi connectivity index (χ1) is 27.7. The van der Waals surface area contributed by atoms with Gasteiger partial charge >= 0.3 is 0 Å². The summed E-state index contributed by atoms with van der Waals surface area (Å²) in [7, 11) is 1.99. The summed E-state index contributed by atoms with van der Waals surface area (Å²) in [5.41, 5.74) is 7.80. The van der Waals surface area contributed by atoms with Crippen molar-refractivity contribution in [2.75, 3.05) is 31.1 Å². The molecule has 2 unspecified atom stereocenters. The second-order valence-corrected chi connectivity index (χ2v) is 16.6. The number of aliphatic hydroxyl groups excluding tert-OH is 1. The van der Waals surface area contributed by atoms with Crippen LogP contribution in [0.25, 0.3) is 22.4 Å². The van der Waals surface area contributed by atoms with E-state index in [4.69, 9.17) is 0 Å². The average Bonchev–Trinajstić information content (AvgIpc) is 3.61. The number of carbonyl (C=O) groups excluding carboxylic acids is 1. The highest BCUT2D eigenvalue weighted by molar-refractivity contribution is 6.05. The fraction of sp³-hybridized carbons (Fsp3) is 0.426. The first-order valence-electron chi connectivity index (χ1n) is 20.8. The van der Waals surface area contributed by atoms with E-state index >= 15 is 0 Å². The number of hydrogen-bond acceptors (Lipinski definition) is 8. The molecule has 57 heavy (non-hydrogen) atoms. The summed E-state index contributed by atoms with van der Waals surface area (Å²) in [5, 5.41) is 20.3. The van der Waals surface area contributed by atoms with Crippen molar-refractivity contribution < 1.29 is 14.3 Å². The topological polar surface area (TPSA) is 89.8 Å². The standard InChI is InChI=1S/C47H56FN7O2/c1-32(2)54-24-22-53(23-25-54)31-34-12-17-35(18-13-34)37-10-7-11-41(26-37)55-46-43(27-39(48)30-50-46)45(56)42(47(55)57)21-16-33-14-19-40(20-15-33)49-28-38-29-51-52(3)44(38)36-8-5-4-6-9-36/h4-13,17-18,26-27,29-30,32-33,40,42,47,49,57H,14-16,19-25,28,31H2,1-3H3. The van der Waals surface area contributed by atoms with Crippen LogP contribution in [0.4, 0.5) is 15.9 Å². The average molecular weight is 770 g/mol. The van der Waals surface area contributed by atoms with Crippen molar-refractivity contribution in [2.45, 2.75) is 83.8 Å². The lowest BCUT2D eigenvalue weighted by molar-refractivity contribution is 0.0618. The van der Waals surface area contributed by atoms with Crippen LogP contribution in [0, 0.1) is 17.7 Å². The summed E-state index contributed by atoms with van der Waals surface area (Å²) in [6.45, 7) is 10.6. The molecule has 0 spiro atoms. The number of carbonyl (C=O) groups is 1. The van der Waals surface area contributed by atoms with Gasteiger partial charge in [-0.2, -0.15) is 5.10 Å². The molecule has 2 aliphatic heterocycles. The maximum absolute atomic E-state index is 14.6. The van der Waals surface area contributed by atoms with Gasteiger partial charge in [-0.3, -0.25) is 24.2 Å². The van der Waals surface area contributed by atoms with Gasteiger partial charge in [-0.1, -0.05) is 66.7 Å². The van der Waals surface area contributed by atoms with Crippen molar-refractivity contribution in [1.29, 1.82) is 0 Å². The van der Waals surface area contributed by atoms with Crippen LogP contribution in [0.15, 0.2) is 97.3 Å². The molecular weight excluding hydrogens is 714 g/mol. The highest BCUT2D eigenvalue weighted by Crippen LogP contribution is 2.41. The summed E-state index contributed by atoms with van der Waals surface area (Å²) < 4.78 is 16.6. The lowest BCUT2D eigenvalue weighted by Crippen LogP contribution is -2.48. The monoisotopic (exact) mass is 769 g/mol. The van der Waals surface area contributed by atoms with Crippen LogP contribution in [0.2, 0.25) is 0 Å². The van der Waals surface area contributed by atoms with Gasteiger partial charge in [-0.25, -0.2) is 9.37 Å². The summed E-state index contributed by atoms with van der Waals surface area (Å²) in [4.78, 5) is 25.1. The number of anilines is 2. The number of hydrogen-bond donors (Lipinski definition) is 2. The fourth-order valence-corrected chi connectivity index (χ4v) is 9.24. The Hall–Kier alpha value is -4.74. The van der Waals surface area contributed by atoms with Crippen LogP contribution in [0.3, 0.4) is 0 Å². The third-order valence-corrected chi connectivity index (χ3v) is 12.6. The number of aromatic nitrogens is 3. The maximum Gasteiger partial charge on any atom is 0.174 e. The molecule has 1 aliphatic carbocycles. The van der Waals surface area contributed by atoms with Gasteiger partial charge in [-0.15, -0.1) is 0 Å². The van der Waals surface area contributed by atoms with Gasteiger partial charge in [0.25, 0.3) is 0 Å². The lowest BCUT2D eigenvalue weighted by Gasteiger charge is -2.39. The molecule has 0 bridgehead atoms. The Morgan fingerprint density at radius 1 is 0.842 bits per heavy atom. The van der Waals surface area contributed by atoms with E-state index in [1.165, 1.54) is 17.2 Å². The van der Waals surface area contributed by atoms with Gasteiger partial charge in [0.2, 0.25) is 0 Å². The number of fused-ring (bicyclic) bond motifs is 1. The van der Waals surface area contributed by atoms with Crippen molar-refractivity contribution >= 4 is 17.3 Å². The zero-order valence-electron chi connectivity index (χ0n) is 33.5. The normalized spacial score (nSPS) is 21.9. The summed E-state index contributed by atoms with van der Waals surface area (Å²) in [5.74, 6) is -0.729. The maximum atomic E-state index is 14.6. The van der Waals surface area contributed by atoms with E-state index in [2.05, 4.69) is 93.6 Å².